The highest BCUT2D eigenvalue weighted by Gasteiger charge is 2.36. The zero-order valence-electron chi connectivity index (χ0n) is 14.2. The van der Waals surface area contributed by atoms with Crippen LogP contribution in [-0.2, 0) is 16.1 Å². The first-order valence-electron chi connectivity index (χ1n) is 8.42. The molecule has 0 unspecified atom stereocenters. The van der Waals surface area contributed by atoms with Crippen LogP contribution in [0.2, 0.25) is 0 Å². The third kappa shape index (κ3) is 4.94. The monoisotopic (exact) mass is 320 g/mol. The van der Waals surface area contributed by atoms with E-state index in [1.165, 1.54) is 0 Å². The Bertz CT molecular complexity index is 525. The van der Waals surface area contributed by atoms with Gasteiger partial charge in [0.1, 0.15) is 12.4 Å². The van der Waals surface area contributed by atoms with Gasteiger partial charge in [0.15, 0.2) is 0 Å². The van der Waals surface area contributed by atoms with Gasteiger partial charge in [-0.25, -0.2) is 0 Å². The van der Waals surface area contributed by atoms with Crippen LogP contribution >= 0.6 is 0 Å². The Labute approximate surface area is 138 Å². The fraction of sp³-hybridized carbons (Fsp3) is 0.611. The van der Waals surface area contributed by atoms with E-state index in [0.29, 0.717) is 26.4 Å². The summed E-state index contributed by atoms with van der Waals surface area (Å²) in [4.78, 5) is 12.3. The number of carbonyl (C=O) groups excluding carboxylic acids is 1. The van der Waals surface area contributed by atoms with Crippen LogP contribution in [0.3, 0.4) is 0 Å². The third-order valence-corrected chi connectivity index (χ3v) is 4.30. The summed E-state index contributed by atoms with van der Waals surface area (Å²) in [6, 6.07) is 6.00. The second-order valence-corrected chi connectivity index (χ2v) is 6.20. The average Bonchev–Trinajstić information content (AvgIpc) is 2.98. The number of hydrogen-bond donors (Lipinski definition) is 2. The second kappa shape index (κ2) is 8.31. The maximum absolute atomic E-state index is 12.3. The molecule has 3 N–H and O–H groups in total. The van der Waals surface area contributed by atoms with E-state index in [1.54, 1.807) is 0 Å². The van der Waals surface area contributed by atoms with Gasteiger partial charge in [-0.1, -0.05) is 25.0 Å². The minimum absolute atomic E-state index is 0.0594. The molecule has 1 aliphatic carbocycles. The van der Waals surface area contributed by atoms with Crippen molar-refractivity contribution in [3.8, 4) is 5.75 Å². The van der Waals surface area contributed by atoms with Gasteiger partial charge < -0.3 is 20.5 Å². The maximum Gasteiger partial charge on any atom is 0.240 e. The number of carbonyl (C=O) groups is 1. The second-order valence-electron chi connectivity index (χ2n) is 6.20. The fourth-order valence-corrected chi connectivity index (χ4v) is 2.88. The van der Waals surface area contributed by atoms with E-state index < -0.39 is 5.54 Å². The lowest BCUT2D eigenvalue weighted by Crippen LogP contribution is -2.51. The molecule has 0 saturated heterocycles. The molecule has 1 aliphatic rings. The lowest BCUT2D eigenvalue weighted by molar-refractivity contribution is -0.126. The summed E-state index contributed by atoms with van der Waals surface area (Å²) in [5.74, 6) is 0.735. The van der Waals surface area contributed by atoms with E-state index in [-0.39, 0.29) is 5.91 Å². The SMILES string of the molecule is CCOCCOc1cc(C)ccc1CNC(=O)C1(N)CCCC1. The van der Waals surface area contributed by atoms with Crippen LogP contribution in [0, 0.1) is 6.92 Å². The molecule has 5 nitrogen and oxygen atoms in total. The van der Waals surface area contributed by atoms with Crippen LogP contribution < -0.4 is 15.8 Å². The minimum atomic E-state index is -0.694. The van der Waals surface area contributed by atoms with Gasteiger partial charge in [-0.15, -0.1) is 0 Å². The Hall–Kier alpha value is -1.59. The van der Waals surface area contributed by atoms with Crippen molar-refractivity contribution in [1.82, 2.24) is 5.32 Å². The molecule has 5 heteroatoms. The van der Waals surface area contributed by atoms with Crippen LogP contribution in [-0.4, -0.2) is 31.3 Å². The van der Waals surface area contributed by atoms with E-state index >= 15 is 0 Å². The molecular weight excluding hydrogens is 292 g/mol. The topological polar surface area (TPSA) is 73.6 Å². The van der Waals surface area contributed by atoms with E-state index in [1.807, 2.05) is 32.0 Å². The van der Waals surface area contributed by atoms with Crippen molar-refractivity contribution in [2.45, 2.75) is 51.6 Å². The molecular formula is C18H28N2O3. The number of ether oxygens (including phenoxy) is 2. The Morgan fingerprint density at radius 1 is 1.30 bits per heavy atom. The van der Waals surface area contributed by atoms with Gasteiger partial charge in [0.25, 0.3) is 0 Å². The van der Waals surface area contributed by atoms with Crippen LogP contribution in [0.5, 0.6) is 5.75 Å². The van der Waals surface area contributed by atoms with E-state index in [0.717, 1.165) is 42.6 Å². The average molecular weight is 320 g/mol. The van der Waals surface area contributed by atoms with Gasteiger partial charge in [0, 0.05) is 18.7 Å². The Morgan fingerprint density at radius 2 is 2.04 bits per heavy atom. The van der Waals surface area contributed by atoms with Crippen LogP contribution in [0.25, 0.3) is 0 Å². The molecule has 0 bridgehead atoms. The molecule has 23 heavy (non-hydrogen) atoms. The van der Waals surface area contributed by atoms with Crippen molar-refractivity contribution in [3.63, 3.8) is 0 Å². The van der Waals surface area contributed by atoms with Gasteiger partial charge >= 0.3 is 0 Å². The van der Waals surface area contributed by atoms with Crippen LogP contribution in [0.15, 0.2) is 18.2 Å². The summed E-state index contributed by atoms with van der Waals surface area (Å²) in [6.07, 6.45) is 3.59. The number of aryl methyl sites for hydroxylation is 1. The highest BCUT2D eigenvalue weighted by atomic mass is 16.5. The first kappa shape index (κ1) is 17.8. The molecule has 2 rings (SSSR count). The Kier molecular flexibility index (Phi) is 6.42. The third-order valence-electron chi connectivity index (χ3n) is 4.30. The number of hydrogen-bond acceptors (Lipinski definition) is 4. The van der Waals surface area contributed by atoms with Gasteiger partial charge in [-0.2, -0.15) is 0 Å². The maximum atomic E-state index is 12.3. The first-order chi connectivity index (χ1) is 11.0. The lowest BCUT2D eigenvalue weighted by atomic mass is 9.98. The summed E-state index contributed by atoms with van der Waals surface area (Å²) in [5.41, 5.74) is 7.57. The molecule has 1 fully saturated rings. The molecule has 1 saturated carbocycles. The summed E-state index contributed by atoms with van der Waals surface area (Å²) in [7, 11) is 0. The molecule has 128 valence electrons. The summed E-state index contributed by atoms with van der Waals surface area (Å²) in [6.45, 7) is 6.15. The molecule has 1 amide bonds. The summed E-state index contributed by atoms with van der Waals surface area (Å²) < 4.78 is 11.1. The number of benzene rings is 1. The largest absolute Gasteiger partial charge is 0.491 e. The smallest absolute Gasteiger partial charge is 0.240 e. The van der Waals surface area contributed by atoms with Crippen molar-refractivity contribution in [2.24, 2.45) is 5.73 Å². The van der Waals surface area contributed by atoms with Crippen molar-refractivity contribution >= 4 is 5.91 Å². The number of nitrogens with two attached hydrogens (primary N) is 1. The Balaban J connectivity index is 1.94. The van der Waals surface area contributed by atoms with Gasteiger partial charge in [0.2, 0.25) is 5.91 Å². The minimum Gasteiger partial charge on any atom is -0.491 e. The molecule has 1 aromatic rings. The molecule has 0 atom stereocenters. The lowest BCUT2D eigenvalue weighted by Gasteiger charge is -2.22. The van der Waals surface area contributed by atoms with E-state index in [9.17, 15) is 4.79 Å². The molecule has 0 aliphatic heterocycles. The van der Waals surface area contributed by atoms with Crippen LogP contribution in [0.1, 0.15) is 43.7 Å². The summed E-state index contributed by atoms with van der Waals surface area (Å²) in [5, 5.41) is 2.97. The zero-order chi connectivity index (χ0) is 16.7. The zero-order valence-corrected chi connectivity index (χ0v) is 14.2. The van der Waals surface area contributed by atoms with Crippen molar-refractivity contribution in [1.29, 1.82) is 0 Å². The van der Waals surface area contributed by atoms with E-state index in [2.05, 4.69) is 5.32 Å². The van der Waals surface area contributed by atoms with Crippen molar-refractivity contribution < 1.29 is 14.3 Å². The van der Waals surface area contributed by atoms with Crippen molar-refractivity contribution in [3.05, 3.63) is 29.3 Å². The normalized spacial score (nSPS) is 16.3. The highest BCUT2D eigenvalue weighted by molar-refractivity contribution is 5.86. The standard InChI is InChI=1S/C18H28N2O3/c1-3-22-10-11-23-16-12-14(2)6-7-15(16)13-20-17(21)18(19)8-4-5-9-18/h6-7,12H,3-5,8-11,13,19H2,1-2H3,(H,20,21). The molecule has 0 heterocycles. The summed E-state index contributed by atoms with van der Waals surface area (Å²) >= 11 is 0. The fourth-order valence-electron chi connectivity index (χ4n) is 2.88. The molecule has 0 aromatic heterocycles. The number of rotatable bonds is 8. The van der Waals surface area contributed by atoms with E-state index in [4.69, 9.17) is 15.2 Å². The predicted molar refractivity (Wildman–Crippen MR) is 90.4 cm³/mol. The van der Waals surface area contributed by atoms with Gasteiger partial charge in [-0.05, 0) is 38.3 Å². The highest BCUT2D eigenvalue weighted by Crippen LogP contribution is 2.27. The number of amides is 1. The predicted octanol–water partition coefficient (Wildman–Crippen LogP) is 2.30. The molecule has 1 aromatic carbocycles. The first-order valence-corrected chi connectivity index (χ1v) is 8.42. The molecule has 0 radical (unpaired) electrons. The van der Waals surface area contributed by atoms with Gasteiger partial charge in [0.05, 0.1) is 12.1 Å². The quantitative estimate of drug-likeness (QED) is 0.721. The van der Waals surface area contributed by atoms with Gasteiger partial charge in [-0.3, -0.25) is 4.79 Å². The number of nitrogens with one attached hydrogen (secondary N) is 1. The molecule has 0 spiro atoms. The van der Waals surface area contributed by atoms with Crippen molar-refractivity contribution in [2.75, 3.05) is 19.8 Å². The van der Waals surface area contributed by atoms with Crippen LogP contribution in [0.4, 0.5) is 0 Å². The Morgan fingerprint density at radius 3 is 2.74 bits per heavy atom.